The molecular weight excluding hydrogens is 186 g/mol. The van der Waals surface area contributed by atoms with Crippen LogP contribution in [0.2, 0.25) is 0 Å². The zero-order chi connectivity index (χ0) is 10.3. The van der Waals surface area contributed by atoms with E-state index in [0.717, 1.165) is 6.07 Å². The molecule has 2 rings (SSSR count). The second-order valence-electron chi connectivity index (χ2n) is 3.50. The van der Waals surface area contributed by atoms with E-state index in [0.29, 0.717) is 11.0 Å². The minimum Gasteiger partial charge on any atom is -0.326 e. The van der Waals surface area contributed by atoms with Gasteiger partial charge in [-0.25, -0.2) is 13.8 Å². The van der Waals surface area contributed by atoms with Crippen molar-refractivity contribution in [1.29, 1.82) is 0 Å². The fraction of sp³-hybridized carbons (Fsp3) is 0.300. The van der Waals surface area contributed by atoms with Crippen molar-refractivity contribution in [2.75, 3.05) is 0 Å². The van der Waals surface area contributed by atoms with Gasteiger partial charge in [-0.05, 0) is 13.8 Å². The Kier molecular flexibility index (Phi) is 1.98. The van der Waals surface area contributed by atoms with Gasteiger partial charge in [0.15, 0.2) is 5.82 Å². The molecule has 0 N–H and O–H groups in total. The predicted octanol–water partition coefficient (Wildman–Crippen LogP) is 2.90. The monoisotopic (exact) mass is 196 g/mol. The maximum atomic E-state index is 13.4. The van der Waals surface area contributed by atoms with Gasteiger partial charge < -0.3 is 4.57 Å². The van der Waals surface area contributed by atoms with E-state index in [-0.39, 0.29) is 6.04 Å². The predicted molar refractivity (Wildman–Crippen MR) is 50.0 cm³/mol. The summed E-state index contributed by atoms with van der Waals surface area (Å²) in [6, 6.07) is 2.22. The Morgan fingerprint density at radius 1 is 1.29 bits per heavy atom. The van der Waals surface area contributed by atoms with E-state index in [4.69, 9.17) is 0 Å². The normalized spacial score (nSPS) is 11.5. The van der Waals surface area contributed by atoms with Crippen LogP contribution in [-0.2, 0) is 0 Å². The van der Waals surface area contributed by atoms with Crippen molar-refractivity contribution in [3.05, 3.63) is 30.1 Å². The van der Waals surface area contributed by atoms with Gasteiger partial charge in [-0.2, -0.15) is 0 Å². The van der Waals surface area contributed by atoms with E-state index >= 15 is 0 Å². The molecule has 0 aliphatic heterocycles. The summed E-state index contributed by atoms with van der Waals surface area (Å²) in [5, 5.41) is 0. The van der Waals surface area contributed by atoms with Crippen molar-refractivity contribution >= 4 is 11.0 Å². The second kappa shape index (κ2) is 3.04. The van der Waals surface area contributed by atoms with Gasteiger partial charge in [-0.15, -0.1) is 0 Å². The van der Waals surface area contributed by atoms with Crippen molar-refractivity contribution < 1.29 is 8.78 Å². The van der Waals surface area contributed by atoms with Crippen LogP contribution in [0.4, 0.5) is 8.78 Å². The number of hydrogen-bond donors (Lipinski definition) is 0. The van der Waals surface area contributed by atoms with Crippen LogP contribution in [0.1, 0.15) is 19.9 Å². The Labute approximate surface area is 80.2 Å². The highest BCUT2D eigenvalue weighted by atomic mass is 19.1. The van der Waals surface area contributed by atoms with Crippen LogP contribution in [0.3, 0.4) is 0 Å². The number of halogens is 2. The van der Waals surface area contributed by atoms with Crippen molar-refractivity contribution in [2.45, 2.75) is 19.9 Å². The molecule has 0 atom stereocenters. The molecule has 0 saturated heterocycles. The maximum absolute atomic E-state index is 13.4. The van der Waals surface area contributed by atoms with Crippen molar-refractivity contribution in [1.82, 2.24) is 9.55 Å². The molecule has 0 aliphatic carbocycles. The lowest BCUT2D eigenvalue weighted by Crippen LogP contribution is -1.99. The van der Waals surface area contributed by atoms with Crippen molar-refractivity contribution in [3.8, 4) is 0 Å². The fourth-order valence-electron chi connectivity index (χ4n) is 1.48. The lowest BCUT2D eigenvalue weighted by Gasteiger charge is -2.07. The van der Waals surface area contributed by atoms with E-state index in [1.165, 1.54) is 12.4 Å². The first-order chi connectivity index (χ1) is 6.59. The van der Waals surface area contributed by atoms with E-state index in [1.807, 2.05) is 13.8 Å². The molecule has 0 spiro atoms. The van der Waals surface area contributed by atoms with E-state index < -0.39 is 11.6 Å². The van der Waals surface area contributed by atoms with Gasteiger partial charge in [0.25, 0.3) is 0 Å². The molecule has 4 heteroatoms. The Hall–Kier alpha value is -1.45. The number of aromatic nitrogens is 2. The van der Waals surface area contributed by atoms with Gasteiger partial charge in [0.05, 0.1) is 11.8 Å². The summed E-state index contributed by atoms with van der Waals surface area (Å²) in [6.45, 7) is 3.84. The molecule has 2 nitrogen and oxygen atoms in total. The second-order valence-corrected chi connectivity index (χ2v) is 3.50. The minimum atomic E-state index is -0.594. The minimum absolute atomic E-state index is 0.111. The molecule has 0 aliphatic rings. The molecule has 14 heavy (non-hydrogen) atoms. The summed E-state index contributed by atoms with van der Waals surface area (Å²) < 4.78 is 27.9. The third-order valence-electron chi connectivity index (χ3n) is 2.14. The van der Waals surface area contributed by atoms with E-state index in [2.05, 4.69) is 4.98 Å². The molecule has 74 valence electrons. The number of hydrogen-bond acceptors (Lipinski definition) is 1. The van der Waals surface area contributed by atoms with Gasteiger partial charge in [0.1, 0.15) is 11.3 Å². The number of benzene rings is 1. The highest BCUT2D eigenvalue weighted by Gasteiger charge is 2.11. The first kappa shape index (κ1) is 9.12. The number of imidazole rings is 1. The third-order valence-corrected chi connectivity index (χ3v) is 2.14. The van der Waals surface area contributed by atoms with Gasteiger partial charge in [-0.1, -0.05) is 0 Å². The highest BCUT2D eigenvalue weighted by Crippen LogP contribution is 2.21. The lowest BCUT2D eigenvalue weighted by atomic mass is 10.2. The summed E-state index contributed by atoms with van der Waals surface area (Å²) >= 11 is 0. The Morgan fingerprint density at radius 3 is 2.64 bits per heavy atom. The van der Waals surface area contributed by atoms with E-state index in [9.17, 15) is 8.78 Å². The van der Waals surface area contributed by atoms with Gasteiger partial charge in [-0.3, -0.25) is 0 Å². The average molecular weight is 196 g/mol. The largest absolute Gasteiger partial charge is 0.326 e. The molecule has 0 amide bonds. The number of fused-ring (bicyclic) bond motifs is 1. The summed E-state index contributed by atoms with van der Waals surface area (Å²) in [6.07, 6.45) is 1.53. The molecule has 1 aromatic heterocycles. The first-order valence-electron chi connectivity index (χ1n) is 4.41. The molecule has 0 fully saturated rings. The quantitative estimate of drug-likeness (QED) is 0.685. The van der Waals surface area contributed by atoms with Crippen LogP contribution in [-0.4, -0.2) is 9.55 Å². The van der Waals surface area contributed by atoms with Crippen LogP contribution in [0.25, 0.3) is 11.0 Å². The van der Waals surface area contributed by atoms with Crippen molar-refractivity contribution in [2.24, 2.45) is 0 Å². The Balaban J connectivity index is 2.79. The SMILES string of the molecule is CC(C)n1cnc2cc(F)cc(F)c21. The lowest BCUT2D eigenvalue weighted by molar-refractivity contribution is 0.570. The van der Waals surface area contributed by atoms with Crippen LogP contribution in [0.5, 0.6) is 0 Å². The standard InChI is InChI=1S/C10H10F2N2/c1-6(2)14-5-13-9-4-7(11)3-8(12)10(9)14/h3-6H,1-2H3. The molecule has 1 aromatic carbocycles. The first-order valence-corrected chi connectivity index (χ1v) is 4.41. The van der Waals surface area contributed by atoms with Gasteiger partial charge in [0.2, 0.25) is 0 Å². The Morgan fingerprint density at radius 2 is 2.00 bits per heavy atom. The van der Waals surface area contributed by atoms with E-state index in [1.54, 1.807) is 4.57 Å². The number of nitrogens with zero attached hydrogens (tertiary/aromatic N) is 2. The van der Waals surface area contributed by atoms with Crippen LogP contribution in [0.15, 0.2) is 18.5 Å². The van der Waals surface area contributed by atoms with Crippen LogP contribution in [0, 0.1) is 11.6 Å². The summed E-state index contributed by atoms with van der Waals surface area (Å²) in [5.74, 6) is -1.16. The van der Waals surface area contributed by atoms with Gasteiger partial charge in [0, 0.05) is 18.2 Å². The highest BCUT2D eigenvalue weighted by molar-refractivity contribution is 5.76. The fourth-order valence-corrected chi connectivity index (χ4v) is 1.48. The summed E-state index contributed by atoms with van der Waals surface area (Å²) in [4.78, 5) is 3.94. The molecule has 0 bridgehead atoms. The van der Waals surface area contributed by atoms with Crippen molar-refractivity contribution in [3.63, 3.8) is 0 Å². The smallest absolute Gasteiger partial charge is 0.152 e. The molecule has 1 heterocycles. The van der Waals surface area contributed by atoms with Crippen LogP contribution >= 0.6 is 0 Å². The molecular formula is C10H10F2N2. The zero-order valence-electron chi connectivity index (χ0n) is 7.96. The molecule has 0 saturated carbocycles. The number of rotatable bonds is 1. The Bertz CT molecular complexity index is 474. The molecule has 0 unspecified atom stereocenters. The average Bonchev–Trinajstić information content (AvgIpc) is 2.47. The summed E-state index contributed by atoms with van der Waals surface area (Å²) in [7, 11) is 0. The van der Waals surface area contributed by atoms with Crippen LogP contribution < -0.4 is 0 Å². The van der Waals surface area contributed by atoms with Gasteiger partial charge >= 0.3 is 0 Å². The zero-order valence-corrected chi connectivity index (χ0v) is 7.96. The maximum Gasteiger partial charge on any atom is 0.152 e. The topological polar surface area (TPSA) is 17.8 Å². The molecule has 0 radical (unpaired) electrons. The summed E-state index contributed by atoms with van der Waals surface area (Å²) in [5.41, 5.74) is 0.720. The third kappa shape index (κ3) is 1.27. The molecule has 2 aromatic rings.